The lowest BCUT2D eigenvalue weighted by Gasteiger charge is -2.12. The van der Waals surface area contributed by atoms with Gasteiger partial charge >= 0.3 is 0 Å². The summed E-state index contributed by atoms with van der Waals surface area (Å²) in [7, 11) is 5.68. The third-order valence-corrected chi connectivity index (χ3v) is 3.09. The molecule has 6 nitrogen and oxygen atoms in total. The number of ether oxygens (including phenoxy) is 2. The Hall–Kier alpha value is -1.79. The van der Waals surface area contributed by atoms with Gasteiger partial charge in [-0.2, -0.15) is 0 Å². The topological polar surface area (TPSA) is 76.8 Å². The van der Waals surface area contributed by atoms with Crippen LogP contribution in [0.4, 0.5) is 5.69 Å². The minimum Gasteiger partial charge on any atom is -0.491 e. The van der Waals surface area contributed by atoms with Crippen molar-refractivity contribution in [1.29, 1.82) is 0 Å². The van der Waals surface area contributed by atoms with Crippen LogP contribution in [0.5, 0.6) is 5.75 Å². The second-order valence-electron chi connectivity index (χ2n) is 5.36. The zero-order valence-corrected chi connectivity index (χ0v) is 13.7. The molecule has 0 bridgehead atoms. The molecule has 0 spiro atoms. The first-order valence-corrected chi connectivity index (χ1v) is 7.48. The first-order valence-electron chi connectivity index (χ1n) is 7.48. The van der Waals surface area contributed by atoms with E-state index in [2.05, 4.69) is 10.2 Å². The Bertz CT molecular complexity index is 464. The van der Waals surface area contributed by atoms with Gasteiger partial charge in [0.1, 0.15) is 5.75 Å². The second-order valence-corrected chi connectivity index (χ2v) is 5.36. The number of methoxy groups -OCH3 is 1. The van der Waals surface area contributed by atoms with Crippen LogP contribution in [-0.4, -0.2) is 58.3 Å². The second kappa shape index (κ2) is 10.0. The van der Waals surface area contributed by atoms with Crippen molar-refractivity contribution in [3.63, 3.8) is 0 Å². The van der Waals surface area contributed by atoms with E-state index in [9.17, 15) is 4.79 Å². The largest absolute Gasteiger partial charge is 0.491 e. The lowest BCUT2D eigenvalue weighted by Crippen LogP contribution is -2.25. The number of hydrogen-bond donors (Lipinski definition) is 2. The van der Waals surface area contributed by atoms with Gasteiger partial charge in [-0.05, 0) is 45.1 Å². The average Bonchev–Trinajstić information content (AvgIpc) is 2.48. The zero-order chi connectivity index (χ0) is 16.4. The summed E-state index contributed by atoms with van der Waals surface area (Å²) in [5, 5.41) is 2.82. The summed E-state index contributed by atoms with van der Waals surface area (Å²) in [6.45, 7) is 2.77. The lowest BCUT2D eigenvalue weighted by atomic mass is 10.1. The summed E-state index contributed by atoms with van der Waals surface area (Å²) >= 11 is 0. The smallest absolute Gasteiger partial charge is 0.251 e. The van der Waals surface area contributed by atoms with E-state index in [-0.39, 0.29) is 5.91 Å². The Morgan fingerprint density at radius 3 is 2.68 bits per heavy atom. The van der Waals surface area contributed by atoms with Crippen LogP contribution in [-0.2, 0) is 4.74 Å². The highest BCUT2D eigenvalue weighted by molar-refractivity contribution is 5.95. The van der Waals surface area contributed by atoms with Crippen molar-refractivity contribution in [3.05, 3.63) is 23.8 Å². The molecule has 0 atom stereocenters. The molecular formula is C16H27N3O3. The van der Waals surface area contributed by atoms with Crippen LogP contribution in [0.1, 0.15) is 23.2 Å². The highest BCUT2D eigenvalue weighted by Gasteiger charge is 2.08. The predicted octanol–water partition coefficient (Wildman–Crippen LogP) is 1.37. The number of amides is 1. The van der Waals surface area contributed by atoms with Crippen LogP contribution in [0.2, 0.25) is 0 Å². The number of hydrogen-bond acceptors (Lipinski definition) is 5. The monoisotopic (exact) mass is 309 g/mol. The standard InChI is InChI=1S/C16H27N3O3/c1-19(2)9-5-11-22-15-7-6-13(12-14(15)17)16(20)18-8-4-10-21-3/h6-7,12H,4-5,8-11,17H2,1-3H3,(H,18,20). The van der Waals surface area contributed by atoms with Crippen molar-refractivity contribution in [2.45, 2.75) is 12.8 Å². The minimum absolute atomic E-state index is 0.137. The summed E-state index contributed by atoms with van der Waals surface area (Å²) in [6.07, 6.45) is 1.71. The van der Waals surface area contributed by atoms with Gasteiger partial charge in [0.2, 0.25) is 0 Å². The van der Waals surface area contributed by atoms with Gasteiger partial charge in [-0.3, -0.25) is 4.79 Å². The third kappa shape index (κ3) is 6.78. The highest BCUT2D eigenvalue weighted by atomic mass is 16.5. The molecule has 1 aromatic carbocycles. The molecule has 0 saturated carbocycles. The summed E-state index contributed by atoms with van der Waals surface area (Å²) in [4.78, 5) is 14.1. The molecule has 0 aliphatic heterocycles. The van der Waals surface area contributed by atoms with E-state index < -0.39 is 0 Å². The first kappa shape index (κ1) is 18.3. The molecule has 0 radical (unpaired) electrons. The predicted molar refractivity (Wildman–Crippen MR) is 88.3 cm³/mol. The molecule has 0 aromatic heterocycles. The summed E-state index contributed by atoms with van der Waals surface area (Å²) < 4.78 is 10.6. The molecule has 0 heterocycles. The number of carbonyl (C=O) groups is 1. The number of nitrogens with two attached hydrogens (primary N) is 1. The van der Waals surface area contributed by atoms with E-state index in [1.807, 2.05) is 14.1 Å². The van der Waals surface area contributed by atoms with Crippen LogP contribution < -0.4 is 15.8 Å². The van der Waals surface area contributed by atoms with Gasteiger partial charge in [0.15, 0.2) is 0 Å². The quantitative estimate of drug-likeness (QED) is 0.504. The van der Waals surface area contributed by atoms with Crippen molar-refractivity contribution >= 4 is 11.6 Å². The van der Waals surface area contributed by atoms with Crippen molar-refractivity contribution in [3.8, 4) is 5.75 Å². The number of nitrogens with one attached hydrogen (secondary N) is 1. The van der Waals surface area contributed by atoms with Crippen LogP contribution >= 0.6 is 0 Å². The molecular weight excluding hydrogens is 282 g/mol. The SMILES string of the molecule is COCCCNC(=O)c1ccc(OCCCN(C)C)c(N)c1. The first-order chi connectivity index (χ1) is 10.5. The highest BCUT2D eigenvalue weighted by Crippen LogP contribution is 2.22. The van der Waals surface area contributed by atoms with Crippen LogP contribution in [0.3, 0.4) is 0 Å². The fourth-order valence-electron chi connectivity index (χ4n) is 1.90. The maximum Gasteiger partial charge on any atom is 0.251 e. The Kier molecular flexibility index (Phi) is 8.32. The number of nitrogen functional groups attached to an aromatic ring is 1. The molecule has 3 N–H and O–H groups in total. The van der Waals surface area contributed by atoms with E-state index in [0.29, 0.717) is 36.8 Å². The van der Waals surface area contributed by atoms with E-state index in [1.165, 1.54) is 0 Å². The van der Waals surface area contributed by atoms with Crippen molar-refractivity contribution < 1.29 is 14.3 Å². The molecule has 0 fully saturated rings. The fraction of sp³-hybridized carbons (Fsp3) is 0.562. The maximum atomic E-state index is 12.0. The number of anilines is 1. The van der Waals surface area contributed by atoms with E-state index in [0.717, 1.165) is 19.4 Å². The summed E-state index contributed by atoms with van der Waals surface area (Å²) in [6, 6.07) is 5.12. The van der Waals surface area contributed by atoms with Gasteiger partial charge in [-0.15, -0.1) is 0 Å². The molecule has 0 aliphatic carbocycles. The lowest BCUT2D eigenvalue weighted by molar-refractivity contribution is 0.0948. The van der Waals surface area contributed by atoms with Crippen LogP contribution in [0, 0.1) is 0 Å². The molecule has 22 heavy (non-hydrogen) atoms. The van der Waals surface area contributed by atoms with E-state index in [4.69, 9.17) is 15.2 Å². The summed E-state index contributed by atoms with van der Waals surface area (Å²) in [5.74, 6) is 0.483. The molecule has 0 saturated heterocycles. The van der Waals surface area contributed by atoms with Crippen molar-refractivity contribution in [1.82, 2.24) is 10.2 Å². The Balaban J connectivity index is 2.45. The number of benzene rings is 1. The van der Waals surface area contributed by atoms with E-state index >= 15 is 0 Å². The molecule has 0 unspecified atom stereocenters. The third-order valence-electron chi connectivity index (χ3n) is 3.09. The van der Waals surface area contributed by atoms with Gasteiger partial charge < -0.3 is 25.4 Å². The fourth-order valence-corrected chi connectivity index (χ4v) is 1.90. The van der Waals surface area contributed by atoms with Crippen LogP contribution in [0.25, 0.3) is 0 Å². The molecule has 1 aromatic rings. The number of rotatable bonds is 10. The van der Waals surface area contributed by atoms with Gasteiger partial charge in [0, 0.05) is 32.4 Å². The normalized spacial score (nSPS) is 10.7. The Labute approximate surface area is 132 Å². The van der Waals surface area contributed by atoms with Crippen molar-refractivity contribution in [2.75, 3.05) is 53.2 Å². The molecule has 1 rings (SSSR count). The van der Waals surface area contributed by atoms with Crippen LogP contribution in [0.15, 0.2) is 18.2 Å². The molecule has 6 heteroatoms. The van der Waals surface area contributed by atoms with Gasteiger partial charge in [0.05, 0.1) is 12.3 Å². The zero-order valence-electron chi connectivity index (χ0n) is 13.7. The number of carbonyl (C=O) groups excluding carboxylic acids is 1. The summed E-state index contributed by atoms with van der Waals surface area (Å²) in [5.41, 5.74) is 6.96. The van der Waals surface area contributed by atoms with Gasteiger partial charge in [0.25, 0.3) is 5.91 Å². The van der Waals surface area contributed by atoms with Gasteiger partial charge in [-0.25, -0.2) is 0 Å². The minimum atomic E-state index is -0.137. The van der Waals surface area contributed by atoms with Crippen molar-refractivity contribution in [2.24, 2.45) is 0 Å². The molecule has 1 amide bonds. The average molecular weight is 309 g/mol. The molecule has 124 valence electrons. The van der Waals surface area contributed by atoms with Gasteiger partial charge in [-0.1, -0.05) is 0 Å². The van der Waals surface area contributed by atoms with E-state index in [1.54, 1.807) is 25.3 Å². The number of nitrogens with zero attached hydrogens (tertiary/aromatic N) is 1. The Morgan fingerprint density at radius 2 is 2.05 bits per heavy atom. The Morgan fingerprint density at radius 1 is 1.27 bits per heavy atom. The maximum absolute atomic E-state index is 12.0. The molecule has 0 aliphatic rings.